The minimum atomic E-state index is -0.610. The lowest BCUT2D eigenvalue weighted by molar-refractivity contribution is -0.00899. The van der Waals surface area contributed by atoms with E-state index in [1.807, 2.05) is 0 Å². The molecule has 0 aromatic rings. The van der Waals surface area contributed by atoms with Crippen LogP contribution in [0.3, 0.4) is 0 Å². The van der Waals surface area contributed by atoms with Gasteiger partial charge in [-0.2, -0.15) is 0 Å². The van der Waals surface area contributed by atoms with Crippen LogP contribution in [0.15, 0.2) is 0 Å². The van der Waals surface area contributed by atoms with Crippen molar-refractivity contribution in [3.63, 3.8) is 0 Å². The first-order chi connectivity index (χ1) is 7.60. The average Bonchev–Trinajstić information content (AvgIpc) is 2.30. The smallest absolute Gasteiger partial charge is 0.0797 e. The van der Waals surface area contributed by atoms with Gasteiger partial charge < -0.3 is 21.8 Å². The van der Waals surface area contributed by atoms with Gasteiger partial charge in [-0.25, -0.2) is 0 Å². The highest BCUT2D eigenvalue weighted by molar-refractivity contribution is 4.89. The molecule has 0 amide bonds. The standard InChI is InChI=1S/C14H31NO.2H2O/c1-4-7-10-13(15)14(16,11-8-5-2)12-9-6-3;;/h13,16H,4-12,15H2,1-3H3;2*1H2. The SMILES string of the molecule is CCCCC(N)C(O)(CCCC)CCCC.O.O. The molecule has 1 unspecified atom stereocenters. The van der Waals surface area contributed by atoms with E-state index >= 15 is 0 Å². The van der Waals surface area contributed by atoms with Gasteiger partial charge in [-0.15, -0.1) is 0 Å². The maximum absolute atomic E-state index is 10.6. The van der Waals surface area contributed by atoms with E-state index in [4.69, 9.17) is 5.73 Å². The Bertz CT molecular complexity index is 157. The largest absolute Gasteiger partial charge is 0.412 e. The van der Waals surface area contributed by atoms with Crippen LogP contribution >= 0.6 is 0 Å². The van der Waals surface area contributed by atoms with Crippen LogP contribution in [-0.2, 0) is 0 Å². The lowest BCUT2D eigenvalue weighted by Gasteiger charge is -2.34. The summed E-state index contributed by atoms with van der Waals surface area (Å²) in [6, 6.07) is -0.0365. The second-order valence-electron chi connectivity index (χ2n) is 5.06. The Morgan fingerprint density at radius 2 is 1.28 bits per heavy atom. The minimum Gasteiger partial charge on any atom is -0.412 e. The van der Waals surface area contributed by atoms with E-state index in [2.05, 4.69) is 20.8 Å². The van der Waals surface area contributed by atoms with E-state index in [0.717, 1.165) is 57.8 Å². The van der Waals surface area contributed by atoms with Crippen LogP contribution in [0.4, 0.5) is 0 Å². The van der Waals surface area contributed by atoms with Crippen molar-refractivity contribution in [1.82, 2.24) is 0 Å². The van der Waals surface area contributed by atoms with Gasteiger partial charge in [0.25, 0.3) is 0 Å². The van der Waals surface area contributed by atoms with Crippen molar-refractivity contribution in [3.05, 3.63) is 0 Å². The molecule has 0 saturated heterocycles. The van der Waals surface area contributed by atoms with Crippen molar-refractivity contribution < 1.29 is 16.1 Å². The number of nitrogens with two attached hydrogens (primary N) is 1. The van der Waals surface area contributed by atoms with Crippen molar-refractivity contribution in [2.24, 2.45) is 5.73 Å². The molecule has 0 saturated carbocycles. The molecule has 0 spiro atoms. The highest BCUT2D eigenvalue weighted by atomic mass is 16.3. The molecule has 0 rings (SSSR count). The maximum atomic E-state index is 10.6. The van der Waals surface area contributed by atoms with Crippen molar-refractivity contribution in [3.8, 4) is 0 Å². The van der Waals surface area contributed by atoms with Crippen molar-refractivity contribution in [2.45, 2.75) is 90.2 Å². The molecule has 4 heteroatoms. The molecule has 0 bridgehead atoms. The Morgan fingerprint density at radius 3 is 1.61 bits per heavy atom. The minimum absolute atomic E-state index is 0. The lowest BCUT2D eigenvalue weighted by Crippen LogP contribution is -2.48. The second kappa shape index (κ2) is 13.3. The highest BCUT2D eigenvalue weighted by Gasteiger charge is 2.32. The van der Waals surface area contributed by atoms with E-state index in [9.17, 15) is 5.11 Å². The van der Waals surface area contributed by atoms with Crippen LogP contribution in [0.25, 0.3) is 0 Å². The van der Waals surface area contributed by atoms with Gasteiger partial charge in [0.2, 0.25) is 0 Å². The third kappa shape index (κ3) is 8.86. The van der Waals surface area contributed by atoms with Gasteiger partial charge in [-0.1, -0.05) is 59.3 Å². The fourth-order valence-corrected chi connectivity index (χ4v) is 2.15. The molecular weight excluding hydrogens is 230 g/mol. The molecule has 7 N–H and O–H groups in total. The van der Waals surface area contributed by atoms with Crippen molar-refractivity contribution in [1.29, 1.82) is 0 Å². The number of aliphatic hydroxyl groups is 1. The van der Waals surface area contributed by atoms with Crippen molar-refractivity contribution >= 4 is 0 Å². The van der Waals surface area contributed by atoms with Gasteiger partial charge >= 0.3 is 0 Å². The van der Waals surface area contributed by atoms with Gasteiger partial charge in [0.05, 0.1) is 5.60 Å². The summed E-state index contributed by atoms with van der Waals surface area (Å²) in [6.07, 6.45) is 9.42. The molecule has 4 nitrogen and oxygen atoms in total. The lowest BCUT2D eigenvalue weighted by atomic mass is 9.82. The fraction of sp³-hybridized carbons (Fsp3) is 1.00. The fourth-order valence-electron chi connectivity index (χ4n) is 2.15. The molecule has 0 radical (unpaired) electrons. The van der Waals surface area contributed by atoms with Gasteiger partial charge in [0, 0.05) is 6.04 Å². The zero-order chi connectivity index (χ0) is 12.4. The summed E-state index contributed by atoms with van der Waals surface area (Å²) in [4.78, 5) is 0. The molecular formula is C14H35NO3. The molecule has 0 aliphatic rings. The van der Waals surface area contributed by atoms with Crippen LogP contribution in [0.1, 0.15) is 78.6 Å². The molecule has 0 aromatic carbocycles. The normalized spacial score (nSPS) is 12.5. The Hall–Kier alpha value is -0.160. The summed E-state index contributed by atoms with van der Waals surface area (Å²) in [5.41, 5.74) is 5.56. The maximum Gasteiger partial charge on any atom is 0.0797 e. The Labute approximate surface area is 113 Å². The quantitative estimate of drug-likeness (QED) is 0.629. The third-order valence-electron chi connectivity index (χ3n) is 3.49. The van der Waals surface area contributed by atoms with Crippen LogP contribution in [0.5, 0.6) is 0 Å². The predicted molar refractivity (Wildman–Crippen MR) is 78.7 cm³/mol. The Kier molecular flexibility index (Phi) is 16.9. The molecule has 0 aromatic heterocycles. The average molecular weight is 265 g/mol. The molecule has 18 heavy (non-hydrogen) atoms. The van der Waals surface area contributed by atoms with Gasteiger partial charge in [0.1, 0.15) is 0 Å². The zero-order valence-electron chi connectivity index (χ0n) is 12.5. The van der Waals surface area contributed by atoms with E-state index < -0.39 is 5.60 Å². The molecule has 114 valence electrons. The summed E-state index contributed by atoms with van der Waals surface area (Å²) < 4.78 is 0. The third-order valence-corrected chi connectivity index (χ3v) is 3.49. The first kappa shape index (κ1) is 23.0. The molecule has 1 atom stereocenters. The molecule has 0 aliphatic carbocycles. The van der Waals surface area contributed by atoms with Gasteiger partial charge in [-0.3, -0.25) is 0 Å². The number of hydrogen-bond acceptors (Lipinski definition) is 2. The zero-order valence-corrected chi connectivity index (χ0v) is 12.5. The summed E-state index contributed by atoms with van der Waals surface area (Å²) in [6.45, 7) is 6.50. The topological polar surface area (TPSA) is 109 Å². The first-order valence-corrected chi connectivity index (χ1v) is 7.08. The van der Waals surface area contributed by atoms with E-state index in [-0.39, 0.29) is 17.0 Å². The summed E-state index contributed by atoms with van der Waals surface area (Å²) in [5, 5.41) is 10.6. The van der Waals surface area contributed by atoms with Crippen molar-refractivity contribution in [2.75, 3.05) is 0 Å². The predicted octanol–water partition coefficient (Wildman–Crippen LogP) is 1.97. The van der Waals surface area contributed by atoms with Crippen LogP contribution in [0, 0.1) is 0 Å². The van der Waals surface area contributed by atoms with Crippen LogP contribution < -0.4 is 5.73 Å². The molecule has 0 fully saturated rings. The summed E-state index contributed by atoms with van der Waals surface area (Å²) in [5.74, 6) is 0. The van der Waals surface area contributed by atoms with Crippen LogP contribution in [0.2, 0.25) is 0 Å². The monoisotopic (exact) mass is 265 g/mol. The molecule has 0 aliphatic heterocycles. The van der Waals surface area contributed by atoms with Gasteiger partial charge in [0.15, 0.2) is 0 Å². The summed E-state index contributed by atoms with van der Waals surface area (Å²) in [7, 11) is 0. The number of rotatable bonds is 10. The Morgan fingerprint density at radius 1 is 0.889 bits per heavy atom. The number of unbranched alkanes of at least 4 members (excludes halogenated alkanes) is 3. The second-order valence-corrected chi connectivity index (χ2v) is 5.06. The van der Waals surface area contributed by atoms with E-state index in [0.29, 0.717) is 0 Å². The first-order valence-electron chi connectivity index (χ1n) is 7.08. The molecule has 0 heterocycles. The Balaban J connectivity index is -0.00000112. The van der Waals surface area contributed by atoms with E-state index in [1.54, 1.807) is 0 Å². The van der Waals surface area contributed by atoms with E-state index in [1.165, 1.54) is 0 Å². The van der Waals surface area contributed by atoms with Gasteiger partial charge in [-0.05, 0) is 19.3 Å². The summed E-state index contributed by atoms with van der Waals surface area (Å²) >= 11 is 0. The van der Waals surface area contributed by atoms with Crippen LogP contribution in [-0.4, -0.2) is 27.7 Å². The number of hydrogen-bond donors (Lipinski definition) is 2. The highest BCUT2D eigenvalue weighted by Crippen LogP contribution is 2.26.